The summed E-state index contributed by atoms with van der Waals surface area (Å²) in [6, 6.07) is 7.20. The lowest BCUT2D eigenvalue weighted by Crippen LogP contribution is -2.55. The number of aliphatic hydroxyl groups is 1. The van der Waals surface area contributed by atoms with Gasteiger partial charge in [-0.2, -0.15) is 13.2 Å². The summed E-state index contributed by atoms with van der Waals surface area (Å²) in [5, 5.41) is 23.9. The number of halogens is 4. The molecule has 0 saturated heterocycles. The lowest BCUT2D eigenvalue weighted by atomic mass is 9.70. The minimum absolute atomic E-state index is 0.0930. The highest BCUT2D eigenvalue weighted by Crippen LogP contribution is 2.54. The number of aromatic hydroxyl groups is 1. The number of hydrogen-bond donors (Lipinski definition) is 4. The third kappa shape index (κ3) is 3.00. The lowest BCUT2D eigenvalue weighted by Gasteiger charge is -2.45. The first kappa shape index (κ1) is 20.2. The molecule has 9 heteroatoms. The maximum Gasteiger partial charge on any atom is 0.419 e. The van der Waals surface area contributed by atoms with Crippen molar-refractivity contribution < 1.29 is 27.8 Å². The van der Waals surface area contributed by atoms with Crippen molar-refractivity contribution in [2.45, 2.75) is 37.1 Å². The van der Waals surface area contributed by atoms with Gasteiger partial charge in [0.25, 0.3) is 0 Å². The molecule has 4 rings (SSSR count). The monoisotopic (exact) mass is 422 g/mol. The van der Waals surface area contributed by atoms with Crippen LogP contribution in [-0.4, -0.2) is 27.0 Å². The second-order valence-corrected chi connectivity index (χ2v) is 7.59. The van der Waals surface area contributed by atoms with Crippen molar-refractivity contribution in [2.24, 2.45) is 0 Å². The van der Waals surface area contributed by atoms with Gasteiger partial charge in [-0.3, -0.25) is 4.79 Å². The number of rotatable bonds is 2. The number of aromatic nitrogens is 1. The second-order valence-electron chi connectivity index (χ2n) is 7.59. The topological polar surface area (TPSA) is 85.4 Å². The summed E-state index contributed by atoms with van der Waals surface area (Å²) < 4.78 is 56.2. The zero-order chi connectivity index (χ0) is 21.8. The second kappa shape index (κ2) is 6.73. The molecule has 0 fully saturated rings. The molecule has 4 N–H and O–H groups in total. The summed E-state index contributed by atoms with van der Waals surface area (Å²) in [4.78, 5) is 13.9. The number of nitrogens with one attached hydrogen (secondary N) is 2. The third-order valence-electron chi connectivity index (χ3n) is 5.65. The molecule has 1 aromatic heterocycles. The van der Waals surface area contributed by atoms with E-state index in [9.17, 15) is 32.6 Å². The fourth-order valence-electron chi connectivity index (χ4n) is 4.28. The summed E-state index contributed by atoms with van der Waals surface area (Å²) >= 11 is 0. The number of phenols is 1. The van der Waals surface area contributed by atoms with E-state index >= 15 is 0 Å². The van der Waals surface area contributed by atoms with Crippen LogP contribution in [0.2, 0.25) is 0 Å². The van der Waals surface area contributed by atoms with Gasteiger partial charge in [-0.1, -0.05) is 19.1 Å². The van der Waals surface area contributed by atoms with Crippen LogP contribution < -0.4 is 10.9 Å². The number of pyridine rings is 1. The molecular formula is C21H18F4N2O3. The molecule has 0 unspecified atom stereocenters. The molecule has 0 radical (unpaired) electrons. The smallest absolute Gasteiger partial charge is 0.419 e. The van der Waals surface area contributed by atoms with Gasteiger partial charge in [-0.25, -0.2) is 4.39 Å². The van der Waals surface area contributed by atoms with Crippen molar-refractivity contribution in [3.05, 3.63) is 69.8 Å². The molecule has 1 aliphatic carbocycles. The van der Waals surface area contributed by atoms with Crippen molar-refractivity contribution in [3.63, 3.8) is 0 Å². The summed E-state index contributed by atoms with van der Waals surface area (Å²) in [6.45, 7) is 1.50. The Labute approximate surface area is 168 Å². The van der Waals surface area contributed by atoms with Crippen LogP contribution in [0.15, 0.2) is 47.3 Å². The number of hydrogen-bond acceptors (Lipinski definition) is 4. The Morgan fingerprint density at radius 2 is 1.90 bits per heavy atom. The molecule has 1 heterocycles. The molecule has 30 heavy (non-hydrogen) atoms. The normalized spacial score (nSPS) is 23.9. The van der Waals surface area contributed by atoms with Crippen molar-refractivity contribution in [2.75, 3.05) is 5.32 Å². The van der Waals surface area contributed by atoms with E-state index in [1.165, 1.54) is 37.3 Å². The van der Waals surface area contributed by atoms with Gasteiger partial charge in [0.05, 0.1) is 11.6 Å². The molecule has 158 valence electrons. The number of aromatic amines is 1. The third-order valence-corrected chi connectivity index (χ3v) is 5.65. The van der Waals surface area contributed by atoms with Crippen molar-refractivity contribution in [3.8, 4) is 5.75 Å². The predicted molar refractivity (Wildman–Crippen MR) is 103 cm³/mol. The first-order chi connectivity index (χ1) is 14.0. The van der Waals surface area contributed by atoms with E-state index in [1.807, 2.05) is 0 Å². The summed E-state index contributed by atoms with van der Waals surface area (Å²) in [5.74, 6) is -1.66. The fraction of sp³-hybridized carbons (Fsp3) is 0.286. The van der Waals surface area contributed by atoms with Crippen LogP contribution in [0.3, 0.4) is 0 Å². The van der Waals surface area contributed by atoms with Gasteiger partial charge in [0.15, 0.2) is 5.60 Å². The first-order valence-corrected chi connectivity index (χ1v) is 9.22. The summed E-state index contributed by atoms with van der Waals surface area (Å²) in [7, 11) is 0. The van der Waals surface area contributed by atoms with E-state index in [4.69, 9.17) is 0 Å². The fourth-order valence-corrected chi connectivity index (χ4v) is 4.28. The highest BCUT2D eigenvalue weighted by atomic mass is 19.4. The number of anilines is 1. The quantitative estimate of drug-likeness (QED) is 0.463. The highest BCUT2D eigenvalue weighted by molar-refractivity contribution is 5.91. The Bertz CT molecular complexity index is 1190. The zero-order valence-electron chi connectivity index (χ0n) is 15.7. The van der Waals surface area contributed by atoms with E-state index in [0.717, 1.165) is 12.1 Å². The van der Waals surface area contributed by atoms with Crippen molar-refractivity contribution in [1.29, 1.82) is 0 Å². The van der Waals surface area contributed by atoms with E-state index in [0.29, 0.717) is 5.56 Å². The maximum atomic E-state index is 14.1. The summed E-state index contributed by atoms with van der Waals surface area (Å²) in [5.41, 5.74) is -3.37. The van der Waals surface area contributed by atoms with Crippen LogP contribution in [0.5, 0.6) is 5.75 Å². The minimum atomic E-state index is -4.98. The zero-order valence-corrected chi connectivity index (χ0v) is 15.7. The lowest BCUT2D eigenvalue weighted by molar-refractivity contribution is -0.272. The Kier molecular flexibility index (Phi) is 4.54. The number of fused-ring (bicyclic) bond motifs is 2. The van der Waals surface area contributed by atoms with Gasteiger partial charge >= 0.3 is 6.18 Å². The van der Waals surface area contributed by atoms with Crippen LogP contribution in [0.1, 0.15) is 36.4 Å². The summed E-state index contributed by atoms with van der Waals surface area (Å²) in [6.07, 6.45) is -5.65. The van der Waals surface area contributed by atoms with E-state index in [-0.39, 0.29) is 27.9 Å². The molecule has 3 aromatic rings. The molecule has 0 saturated carbocycles. The molecule has 1 aliphatic rings. The number of phenolic OH excluding ortho intramolecular Hbond substituents is 1. The Balaban J connectivity index is 1.93. The van der Waals surface area contributed by atoms with Crippen LogP contribution in [0.4, 0.5) is 23.2 Å². The SMILES string of the molecule is C[C@H]1C[C@@](O)(C(F)(F)F)[C@H](Nc2ccc(F)c3[nH]c(=O)ccc23)c2cccc(O)c21. The molecule has 2 aromatic carbocycles. The van der Waals surface area contributed by atoms with Crippen LogP contribution in [0, 0.1) is 5.82 Å². The molecule has 0 amide bonds. The Hall–Kier alpha value is -3.07. The van der Waals surface area contributed by atoms with Gasteiger partial charge in [-0.15, -0.1) is 0 Å². The van der Waals surface area contributed by atoms with Gasteiger partial charge in [-0.05, 0) is 42.2 Å². The maximum absolute atomic E-state index is 14.1. The molecule has 5 nitrogen and oxygen atoms in total. The van der Waals surface area contributed by atoms with Gasteiger partial charge in [0, 0.05) is 22.7 Å². The Morgan fingerprint density at radius 3 is 2.60 bits per heavy atom. The van der Waals surface area contributed by atoms with Crippen LogP contribution >= 0.6 is 0 Å². The molecule has 0 aliphatic heterocycles. The molecule has 3 atom stereocenters. The molecule has 0 bridgehead atoms. The first-order valence-electron chi connectivity index (χ1n) is 9.22. The van der Waals surface area contributed by atoms with Crippen LogP contribution in [-0.2, 0) is 0 Å². The average Bonchev–Trinajstić information content (AvgIpc) is 2.66. The number of H-pyrrole nitrogens is 1. The number of benzene rings is 2. The van der Waals surface area contributed by atoms with Crippen LogP contribution in [0.25, 0.3) is 10.9 Å². The van der Waals surface area contributed by atoms with Gasteiger partial charge in [0.2, 0.25) is 5.56 Å². The minimum Gasteiger partial charge on any atom is -0.508 e. The van der Waals surface area contributed by atoms with Crippen molar-refractivity contribution >= 4 is 16.6 Å². The van der Waals surface area contributed by atoms with Crippen molar-refractivity contribution in [1.82, 2.24) is 4.98 Å². The average molecular weight is 422 g/mol. The predicted octanol–water partition coefficient (Wildman–Crippen LogP) is 4.33. The van der Waals surface area contributed by atoms with Gasteiger partial charge < -0.3 is 20.5 Å². The number of alkyl halides is 3. The van der Waals surface area contributed by atoms with Gasteiger partial charge in [0.1, 0.15) is 11.6 Å². The Morgan fingerprint density at radius 1 is 1.17 bits per heavy atom. The standard InChI is InChI=1S/C21H18F4N2O3/c1-10-9-20(30,21(23,24)25)19(12-3-2-4-15(28)17(10)12)26-14-7-6-13(22)18-11(14)5-8-16(29)27-18/h2-8,10,19,26,28,30H,9H2,1H3,(H,27,29)/t10-,19+,20-/m0/s1. The molecular weight excluding hydrogens is 404 g/mol. The van der Waals surface area contributed by atoms with E-state index in [1.54, 1.807) is 0 Å². The highest BCUT2D eigenvalue weighted by Gasteiger charge is 2.62. The molecule has 0 spiro atoms. The largest absolute Gasteiger partial charge is 0.508 e. The van der Waals surface area contributed by atoms with E-state index in [2.05, 4.69) is 10.3 Å². The van der Waals surface area contributed by atoms with E-state index < -0.39 is 41.5 Å².